The SMILES string of the molecule is CCc1cccc(NC(=O)C2CNNC2S(=O)(=O)Nc2ccc(Cl)cc2)c1. The predicted molar refractivity (Wildman–Crippen MR) is 107 cm³/mol. The van der Waals surface area contributed by atoms with Crippen LogP contribution in [0.3, 0.4) is 0 Å². The summed E-state index contributed by atoms with van der Waals surface area (Å²) in [5, 5.41) is 2.20. The molecular formula is C18H21ClN4O3S. The van der Waals surface area contributed by atoms with Crippen LogP contribution in [0, 0.1) is 5.92 Å². The zero-order valence-electron chi connectivity index (χ0n) is 14.7. The van der Waals surface area contributed by atoms with E-state index in [1.807, 2.05) is 25.1 Å². The molecule has 1 saturated heterocycles. The molecule has 144 valence electrons. The number of rotatable bonds is 6. The molecule has 4 N–H and O–H groups in total. The van der Waals surface area contributed by atoms with Crippen molar-refractivity contribution >= 4 is 38.9 Å². The van der Waals surface area contributed by atoms with E-state index in [-0.39, 0.29) is 12.5 Å². The molecule has 1 aliphatic heterocycles. The van der Waals surface area contributed by atoms with Gasteiger partial charge in [-0.3, -0.25) is 14.9 Å². The maximum atomic E-state index is 12.7. The molecule has 1 aliphatic rings. The van der Waals surface area contributed by atoms with Crippen molar-refractivity contribution in [2.75, 3.05) is 16.6 Å². The Morgan fingerprint density at radius 3 is 2.63 bits per heavy atom. The lowest BCUT2D eigenvalue weighted by atomic mass is 10.1. The van der Waals surface area contributed by atoms with Crippen LogP contribution in [-0.4, -0.2) is 26.2 Å². The molecule has 2 unspecified atom stereocenters. The summed E-state index contributed by atoms with van der Waals surface area (Å²) in [6.07, 6.45) is 0.846. The molecule has 3 rings (SSSR count). The zero-order valence-corrected chi connectivity index (χ0v) is 16.3. The topological polar surface area (TPSA) is 99.3 Å². The Bertz CT molecular complexity index is 918. The van der Waals surface area contributed by atoms with Crippen LogP contribution in [0.15, 0.2) is 48.5 Å². The first kappa shape index (κ1) is 19.6. The van der Waals surface area contributed by atoms with Crippen LogP contribution < -0.4 is 20.9 Å². The number of hydrogen-bond donors (Lipinski definition) is 4. The van der Waals surface area contributed by atoms with E-state index in [0.717, 1.165) is 12.0 Å². The molecule has 1 amide bonds. The molecule has 27 heavy (non-hydrogen) atoms. The molecule has 0 saturated carbocycles. The Morgan fingerprint density at radius 2 is 1.93 bits per heavy atom. The van der Waals surface area contributed by atoms with E-state index in [1.54, 1.807) is 30.3 Å². The number of sulfonamides is 1. The van der Waals surface area contributed by atoms with Crippen LogP contribution in [0.4, 0.5) is 11.4 Å². The summed E-state index contributed by atoms with van der Waals surface area (Å²) >= 11 is 5.82. The van der Waals surface area contributed by atoms with E-state index >= 15 is 0 Å². The third-order valence-corrected chi connectivity index (χ3v) is 6.20. The van der Waals surface area contributed by atoms with Crippen LogP contribution >= 0.6 is 11.6 Å². The second-order valence-corrected chi connectivity index (χ2v) is 8.49. The lowest BCUT2D eigenvalue weighted by Gasteiger charge is -2.19. The summed E-state index contributed by atoms with van der Waals surface area (Å²) in [6.45, 7) is 2.22. The highest BCUT2D eigenvalue weighted by Crippen LogP contribution is 2.21. The Labute approximate surface area is 163 Å². The van der Waals surface area contributed by atoms with Crippen molar-refractivity contribution in [2.24, 2.45) is 5.92 Å². The van der Waals surface area contributed by atoms with Gasteiger partial charge in [-0.2, -0.15) is 0 Å². The molecule has 9 heteroatoms. The molecule has 1 heterocycles. The second-order valence-electron chi connectivity index (χ2n) is 6.25. The van der Waals surface area contributed by atoms with Gasteiger partial charge in [-0.05, 0) is 48.4 Å². The number of amides is 1. The summed E-state index contributed by atoms with van der Waals surface area (Å²) in [5.74, 6) is -1.16. The highest BCUT2D eigenvalue weighted by atomic mass is 35.5. The van der Waals surface area contributed by atoms with E-state index in [0.29, 0.717) is 16.4 Å². The average molecular weight is 409 g/mol. The molecule has 2 aromatic rings. The quantitative estimate of drug-likeness (QED) is 0.588. The second kappa shape index (κ2) is 8.26. The van der Waals surface area contributed by atoms with Gasteiger partial charge in [-0.25, -0.2) is 13.8 Å². The highest BCUT2D eigenvalue weighted by Gasteiger charge is 2.41. The summed E-state index contributed by atoms with van der Waals surface area (Å²) in [7, 11) is -3.85. The molecule has 0 radical (unpaired) electrons. The van der Waals surface area contributed by atoms with Gasteiger partial charge in [-0.1, -0.05) is 30.7 Å². The molecule has 7 nitrogen and oxygen atoms in total. The Kier molecular flexibility index (Phi) is 6.01. The predicted octanol–water partition coefficient (Wildman–Crippen LogP) is 2.33. The van der Waals surface area contributed by atoms with Gasteiger partial charge >= 0.3 is 0 Å². The Hall–Kier alpha value is -2.13. The summed E-state index contributed by atoms with van der Waals surface area (Å²) in [4.78, 5) is 12.7. The molecule has 1 fully saturated rings. The van der Waals surface area contributed by atoms with Crippen molar-refractivity contribution in [3.05, 3.63) is 59.1 Å². The molecule has 2 atom stereocenters. The van der Waals surface area contributed by atoms with Crippen molar-refractivity contribution in [2.45, 2.75) is 18.7 Å². The molecule has 0 spiro atoms. The van der Waals surface area contributed by atoms with Crippen molar-refractivity contribution in [3.8, 4) is 0 Å². The normalized spacial score (nSPS) is 19.6. The monoisotopic (exact) mass is 408 g/mol. The van der Waals surface area contributed by atoms with Gasteiger partial charge in [0.2, 0.25) is 5.91 Å². The standard InChI is InChI=1S/C18H21ClN4O3S/c1-2-12-4-3-5-15(10-12)21-17(24)16-11-20-22-18(16)27(25,26)23-14-8-6-13(19)7-9-14/h3-10,16,18,20,22-23H,2,11H2,1H3,(H,21,24). The fraction of sp³-hybridized carbons (Fsp3) is 0.278. The van der Waals surface area contributed by atoms with E-state index in [2.05, 4.69) is 20.9 Å². The van der Waals surface area contributed by atoms with Crippen LogP contribution in [0.25, 0.3) is 0 Å². The van der Waals surface area contributed by atoms with E-state index in [1.165, 1.54) is 0 Å². The first-order valence-corrected chi connectivity index (χ1v) is 10.5. The van der Waals surface area contributed by atoms with E-state index < -0.39 is 21.3 Å². The van der Waals surface area contributed by atoms with Gasteiger partial charge in [0, 0.05) is 22.9 Å². The molecule has 0 aliphatic carbocycles. The number of benzene rings is 2. The van der Waals surface area contributed by atoms with Crippen molar-refractivity contribution in [3.63, 3.8) is 0 Å². The maximum Gasteiger partial charge on any atom is 0.250 e. The van der Waals surface area contributed by atoms with Gasteiger partial charge in [0.1, 0.15) is 0 Å². The molecular weight excluding hydrogens is 388 g/mol. The van der Waals surface area contributed by atoms with Crippen LogP contribution in [0.2, 0.25) is 5.02 Å². The van der Waals surface area contributed by atoms with Crippen molar-refractivity contribution in [1.29, 1.82) is 0 Å². The minimum Gasteiger partial charge on any atom is -0.326 e. The van der Waals surface area contributed by atoms with Gasteiger partial charge in [0.05, 0.1) is 5.92 Å². The Morgan fingerprint density at radius 1 is 1.19 bits per heavy atom. The number of carbonyl (C=O) groups is 1. The van der Waals surface area contributed by atoms with E-state index in [4.69, 9.17) is 11.6 Å². The minimum atomic E-state index is -3.85. The molecule has 2 aromatic carbocycles. The largest absolute Gasteiger partial charge is 0.326 e. The number of hydrazine groups is 1. The van der Waals surface area contributed by atoms with Crippen LogP contribution in [0.1, 0.15) is 12.5 Å². The molecule has 0 bridgehead atoms. The van der Waals surface area contributed by atoms with Gasteiger partial charge in [0.25, 0.3) is 10.0 Å². The van der Waals surface area contributed by atoms with Gasteiger partial charge < -0.3 is 5.32 Å². The maximum absolute atomic E-state index is 12.7. The number of aryl methyl sites for hydroxylation is 1. The highest BCUT2D eigenvalue weighted by molar-refractivity contribution is 7.93. The number of halogens is 1. The first-order valence-electron chi connectivity index (χ1n) is 8.54. The first-order chi connectivity index (χ1) is 12.9. The lowest BCUT2D eigenvalue weighted by Crippen LogP contribution is -2.45. The summed E-state index contributed by atoms with van der Waals surface area (Å²) in [5.41, 5.74) is 7.55. The third kappa shape index (κ3) is 4.78. The van der Waals surface area contributed by atoms with Crippen LogP contribution in [0.5, 0.6) is 0 Å². The Balaban J connectivity index is 1.73. The minimum absolute atomic E-state index is 0.200. The number of hydrogen-bond acceptors (Lipinski definition) is 5. The van der Waals surface area contributed by atoms with Gasteiger partial charge in [-0.15, -0.1) is 0 Å². The fourth-order valence-corrected chi connectivity index (χ4v) is 4.46. The van der Waals surface area contributed by atoms with Crippen molar-refractivity contribution < 1.29 is 13.2 Å². The number of nitrogens with one attached hydrogen (secondary N) is 4. The third-order valence-electron chi connectivity index (χ3n) is 4.31. The zero-order chi connectivity index (χ0) is 19.4. The molecule has 0 aromatic heterocycles. The number of carbonyl (C=O) groups excluding carboxylic acids is 1. The van der Waals surface area contributed by atoms with E-state index in [9.17, 15) is 13.2 Å². The fourth-order valence-electron chi connectivity index (χ4n) is 2.85. The van der Waals surface area contributed by atoms with Crippen molar-refractivity contribution in [1.82, 2.24) is 10.9 Å². The van der Waals surface area contributed by atoms with Gasteiger partial charge in [0.15, 0.2) is 5.37 Å². The smallest absolute Gasteiger partial charge is 0.250 e. The summed E-state index contributed by atoms with van der Waals surface area (Å²) in [6, 6.07) is 13.8. The number of anilines is 2. The summed E-state index contributed by atoms with van der Waals surface area (Å²) < 4.78 is 27.9. The van der Waals surface area contributed by atoms with Crippen LogP contribution in [-0.2, 0) is 21.2 Å². The average Bonchev–Trinajstić information content (AvgIpc) is 3.15. The lowest BCUT2D eigenvalue weighted by molar-refractivity contribution is -0.119.